The molecule has 1 fully saturated rings. The first-order valence-electron chi connectivity index (χ1n) is 9.44. The highest BCUT2D eigenvalue weighted by molar-refractivity contribution is 5.96. The minimum Gasteiger partial charge on any atom is -0.336 e. The Morgan fingerprint density at radius 1 is 0.931 bits per heavy atom. The third kappa shape index (κ3) is 4.10. The van der Waals surface area contributed by atoms with Crippen LogP contribution in [-0.4, -0.2) is 46.9 Å². The molecule has 1 aliphatic heterocycles. The molecule has 7 heteroatoms. The van der Waals surface area contributed by atoms with E-state index in [1.165, 1.54) is 23.1 Å². The minimum absolute atomic E-state index is 0.285. The highest BCUT2D eigenvalue weighted by atomic mass is 19.4. The van der Waals surface area contributed by atoms with Gasteiger partial charge in [-0.15, -0.1) is 0 Å². The van der Waals surface area contributed by atoms with Crippen LogP contribution in [0.1, 0.15) is 21.5 Å². The summed E-state index contributed by atoms with van der Waals surface area (Å²) in [7, 11) is 0. The molecule has 0 radical (unpaired) electrons. The Hall–Kier alpha value is -2.93. The molecule has 0 unspecified atom stereocenters. The SMILES string of the molecule is O=C(c1ccccc1C(F)(F)F)N1CCN(Cc2cccc3cccnc23)CC1. The fourth-order valence-corrected chi connectivity index (χ4v) is 3.73. The lowest BCUT2D eigenvalue weighted by Gasteiger charge is -2.35. The van der Waals surface area contributed by atoms with Gasteiger partial charge in [0.15, 0.2) is 0 Å². The van der Waals surface area contributed by atoms with E-state index in [1.807, 2.05) is 30.3 Å². The lowest BCUT2D eigenvalue weighted by atomic mass is 10.1. The molecular weight excluding hydrogens is 379 g/mol. The summed E-state index contributed by atoms with van der Waals surface area (Å²) in [6.45, 7) is 2.67. The molecular formula is C22H20F3N3O. The second-order valence-electron chi connectivity index (χ2n) is 7.10. The largest absolute Gasteiger partial charge is 0.417 e. The number of carbonyl (C=O) groups is 1. The number of para-hydroxylation sites is 1. The molecule has 4 nitrogen and oxygen atoms in total. The molecule has 1 aliphatic rings. The number of nitrogens with zero attached hydrogens (tertiary/aromatic N) is 3. The van der Waals surface area contributed by atoms with E-state index in [-0.39, 0.29) is 5.56 Å². The lowest BCUT2D eigenvalue weighted by Crippen LogP contribution is -2.48. The van der Waals surface area contributed by atoms with Crippen LogP contribution >= 0.6 is 0 Å². The number of pyridine rings is 1. The van der Waals surface area contributed by atoms with E-state index < -0.39 is 17.6 Å². The smallest absolute Gasteiger partial charge is 0.336 e. The number of benzene rings is 2. The third-order valence-corrected chi connectivity index (χ3v) is 5.23. The van der Waals surface area contributed by atoms with Crippen molar-refractivity contribution in [1.29, 1.82) is 0 Å². The van der Waals surface area contributed by atoms with Gasteiger partial charge in [-0.25, -0.2) is 0 Å². The molecule has 0 bridgehead atoms. The number of fused-ring (bicyclic) bond motifs is 1. The average molecular weight is 399 g/mol. The predicted molar refractivity (Wildman–Crippen MR) is 104 cm³/mol. The van der Waals surface area contributed by atoms with E-state index >= 15 is 0 Å². The summed E-state index contributed by atoms with van der Waals surface area (Å²) < 4.78 is 39.7. The second-order valence-corrected chi connectivity index (χ2v) is 7.10. The van der Waals surface area contributed by atoms with Crippen LogP contribution in [0.15, 0.2) is 60.8 Å². The van der Waals surface area contributed by atoms with Gasteiger partial charge in [-0.2, -0.15) is 13.2 Å². The van der Waals surface area contributed by atoms with Crippen molar-refractivity contribution >= 4 is 16.8 Å². The maximum Gasteiger partial charge on any atom is 0.417 e. The number of piperazine rings is 1. The number of hydrogen-bond donors (Lipinski definition) is 0. The maximum atomic E-state index is 13.2. The zero-order valence-electron chi connectivity index (χ0n) is 15.7. The first-order valence-corrected chi connectivity index (χ1v) is 9.44. The molecule has 3 aromatic rings. The molecule has 29 heavy (non-hydrogen) atoms. The number of rotatable bonds is 3. The number of carbonyl (C=O) groups excluding carboxylic acids is 1. The summed E-state index contributed by atoms with van der Waals surface area (Å²) in [4.78, 5) is 20.9. The Balaban J connectivity index is 1.44. The number of amides is 1. The van der Waals surface area contributed by atoms with E-state index in [1.54, 1.807) is 6.20 Å². The quantitative estimate of drug-likeness (QED) is 0.662. The van der Waals surface area contributed by atoms with Crippen LogP contribution in [0, 0.1) is 0 Å². The Morgan fingerprint density at radius 3 is 2.41 bits per heavy atom. The van der Waals surface area contributed by atoms with Gasteiger partial charge in [0.05, 0.1) is 16.6 Å². The third-order valence-electron chi connectivity index (χ3n) is 5.23. The first kappa shape index (κ1) is 19.4. The van der Waals surface area contributed by atoms with Crippen molar-refractivity contribution in [2.45, 2.75) is 12.7 Å². The molecule has 1 aromatic heterocycles. The lowest BCUT2D eigenvalue weighted by molar-refractivity contribution is -0.138. The van der Waals surface area contributed by atoms with E-state index in [0.717, 1.165) is 22.5 Å². The fourth-order valence-electron chi connectivity index (χ4n) is 3.73. The van der Waals surface area contributed by atoms with Crippen molar-refractivity contribution in [3.63, 3.8) is 0 Å². The van der Waals surface area contributed by atoms with Crippen molar-refractivity contribution in [2.24, 2.45) is 0 Å². The molecule has 1 amide bonds. The number of hydrogen-bond acceptors (Lipinski definition) is 3. The number of alkyl halides is 3. The highest BCUT2D eigenvalue weighted by Crippen LogP contribution is 2.32. The van der Waals surface area contributed by atoms with Gasteiger partial charge in [0.2, 0.25) is 0 Å². The molecule has 0 spiro atoms. The van der Waals surface area contributed by atoms with Crippen molar-refractivity contribution in [2.75, 3.05) is 26.2 Å². The van der Waals surface area contributed by atoms with Gasteiger partial charge >= 0.3 is 6.18 Å². The van der Waals surface area contributed by atoms with Gasteiger partial charge in [0, 0.05) is 44.3 Å². The van der Waals surface area contributed by atoms with Gasteiger partial charge in [0.1, 0.15) is 0 Å². The Kier molecular flexibility index (Phi) is 5.24. The summed E-state index contributed by atoms with van der Waals surface area (Å²) in [5.41, 5.74) is 0.888. The van der Waals surface area contributed by atoms with Gasteiger partial charge in [0.25, 0.3) is 5.91 Å². The van der Waals surface area contributed by atoms with Crippen molar-refractivity contribution in [3.8, 4) is 0 Å². The summed E-state index contributed by atoms with van der Waals surface area (Å²) in [6.07, 6.45) is -2.78. The Labute approximate surface area is 166 Å². The van der Waals surface area contributed by atoms with Crippen LogP contribution in [0.2, 0.25) is 0 Å². The van der Waals surface area contributed by atoms with Crippen molar-refractivity contribution in [1.82, 2.24) is 14.8 Å². The van der Waals surface area contributed by atoms with Gasteiger partial charge < -0.3 is 4.90 Å². The summed E-state index contributed by atoms with van der Waals surface area (Å²) in [5.74, 6) is -0.565. The normalized spacial score (nSPS) is 15.6. The Bertz CT molecular complexity index is 1020. The van der Waals surface area contributed by atoms with Gasteiger partial charge in [-0.1, -0.05) is 36.4 Å². The monoisotopic (exact) mass is 399 g/mol. The molecule has 0 N–H and O–H groups in total. The van der Waals surface area contributed by atoms with E-state index in [2.05, 4.69) is 9.88 Å². The van der Waals surface area contributed by atoms with E-state index in [9.17, 15) is 18.0 Å². The summed E-state index contributed by atoms with van der Waals surface area (Å²) >= 11 is 0. The second kappa shape index (κ2) is 7.83. The van der Waals surface area contributed by atoms with Crippen molar-refractivity contribution < 1.29 is 18.0 Å². The van der Waals surface area contributed by atoms with Crippen LogP contribution in [-0.2, 0) is 12.7 Å². The molecule has 2 aromatic carbocycles. The minimum atomic E-state index is -4.55. The van der Waals surface area contributed by atoms with E-state index in [4.69, 9.17) is 0 Å². The molecule has 4 rings (SSSR count). The highest BCUT2D eigenvalue weighted by Gasteiger charge is 2.36. The zero-order valence-corrected chi connectivity index (χ0v) is 15.7. The van der Waals surface area contributed by atoms with Crippen LogP contribution < -0.4 is 0 Å². The standard InChI is InChI=1S/C22H20F3N3O/c23-22(24,25)19-9-2-1-8-18(19)21(29)28-13-11-27(12-14-28)15-17-6-3-5-16-7-4-10-26-20(16)17/h1-10H,11-15H2. The molecule has 0 atom stereocenters. The van der Waals surface area contributed by atoms with Crippen molar-refractivity contribution in [3.05, 3.63) is 77.5 Å². The Morgan fingerprint density at radius 2 is 1.66 bits per heavy atom. The molecule has 2 heterocycles. The molecule has 1 saturated heterocycles. The summed E-state index contributed by atoms with van der Waals surface area (Å²) in [5, 5.41) is 1.07. The number of halogens is 3. The topological polar surface area (TPSA) is 36.4 Å². The van der Waals surface area contributed by atoms with Crippen LogP contribution in [0.5, 0.6) is 0 Å². The first-order chi connectivity index (χ1) is 13.9. The van der Waals surface area contributed by atoms with Gasteiger partial charge in [-0.05, 0) is 23.8 Å². The number of aromatic nitrogens is 1. The molecule has 0 aliphatic carbocycles. The molecule has 0 saturated carbocycles. The van der Waals surface area contributed by atoms with E-state index in [0.29, 0.717) is 32.7 Å². The van der Waals surface area contributed by atoms with Crippen LogP contribution in [0.3, 0.4) is 0 Å². The fraction of sp³-hybridized carbons (Fsp3) is 0.273. The van der Waals surface area contributed by atoms with Crippen LogP contribution in [0.4, 0.5) is 13.2 Å². The predicted octanol–water partition coefficient (Wildman–Crippen LogP) is 4.21. The molecule has 150 valence electrons. The summed E-state index contributed by atoms with van der Waals surface area (Å²) in [6, 6.07) is 14.9. The average Bonchev–Trinajstić information content (AvgIpc) is 2.73. The van der Waals surface area contributed by atoms with Crippen LogP contribution in [0.25, 0.3) is 10.9 Å². The van der Waals surface area contributed by atoms with Gasteiger partial charge in [-0.3, -0.25) is 14.7 Å². The maximum absolute atomic E-state index is 13.2. The zero-order chi connectivity index (χ0) is 20.4.